The van der Waals surface area contributed by atoms with Crippen LogP contribution in [-0.2, 0) is 5.75 Å². The number of thioether (sulfide) groups is 1. The molecule has 5 rings (SSSR count). The highest BCUT2D eigenvalue weighted by atomic mass is 32.2. The number of benzene rings is 1. The number of rotatable bonds is 4. The molecule has 0 saturated heterocycles. The predicted molar refractivity (Wildman–Crippen MR) is 122 cm³/mol. The minimum atomic E-state index is -0.0884. The van der Waals surface area contributed by atoms with Crippen LogP contribution < -0.4 is 5.56 Å². The minimum absolute atomic E-state index is 0.0884. The van der Waals surface area contributed by atoms with E-state index in [1.54, 1.807) is 40.8 Å². The molecule has 4 heterocycles. The number of fused-ring (bicyclic) bond motifs is 2. The van der Waals surface area contributed by atoms with E-state index >= 15 is 0 Å². The van der Waals surface area contributed by atoms with Gasteiger partial charge in [0.05, 0.1) is 21.4 Å². The molecule has 0 unspecified atom stereocenters. The Bertz CT molecular complexity index is 1400. The molecule has 4 aromatic heterocycles. The summed E-state index contributed by atoms with van der Waals surface area (Å²) in [6.45, 7) is 4.10. The topological polar surface area (TPSA) is 71.5 Å². The van der Waals surface area contributed by atoms with E-state index in [-0.39, 0.29) is 5.56 Å². The molecule has 0 atom stereocenters. The zero-order chi connectivity index (χ0) is 20.0. The molecule has 0 fully saturated rings. The van der Waals surface area contributed by atoms with E-state index in [0.717, 1.165) is 36.1 Å². The Kier molecular flexibility index (Phi) is 4.69. The van der Waals surface area contributed by atoms with Crippen molar-refractivity contribution in [3.63, 3.8) is 0 Å². The number of thiophene rings is 2. The van der Waals surface area contributed by atoms with Gasteiger partial charge in [0.1, 0.15) is 22.0 Å². The van der Waals surface area contributed by atoms with Crippen molar-refractivity contribution in [2.24, 2.45) is 0 Å². The van der Waals surface area contributed by atoms with Gasteiger partial charge in [-0.05, 0) is 30.9 Å². The standard InChI is InChI=1S/C21H16N4OS3/c1-11-3-5-13(6-4-11)16-12(2)29-20-17(16)19(26)24-15(25-20)9-28-21-18-14(7-8-27-18)22-10-23-21/h3-8,10H,9H2,1-2H3,(H,24,25,26). The van der Waals surface area contributed by atoms with Crippen LogP contribution in [0.2, 0.25) is 0 Å². The number of aromatic nitrogens is 4. The van der Waals surface area contributed by atoms with Crippen molar-refractivity contribution in [2.75, 3.05) is 0 Å². The summed E-state index contributed by atoms with van der Waals surface area (Å²) in [6, 6.07) is 10.2. The molecule has 5 aromatic rings. The third-order valence-electron chi connectivity index (χ3n) is 4.68. The van der Waals surface area contributed by atoms with E-state index in [1.165, 1.54) is 5.56 Å². The van der Waals surface area contributed by atoms with Gasteiger partial charge in [-0.3, -0.25) is 4.79 Å². The van der Waals surface area contributed by atoms with Crippen LogP contribution >= 0.6 is 34.4 Å². The first-order valence-corrected chi connectivity index (χ1v) is 11.7. The molecule has 0 aliphatic rings. The van der Waals surface area contributed by atoms with Crippen molar-refractivity contribution >= 4 is 54.9 Å². The van der Waals surface area contributed by atoms with Gasteiger partial charge in [-0.25, -0.2) is 15.0 Å². The molecule has 5 nitrogen and oxygen atoms in total. The van der Waals surface area contributed by atoms with Gasteiger partial charge < -0.3 is 4.98 Å². The molecule has 0 bridgehead atoms. The highest BCUT2D eigenvalue weighted by Gasteiger charge is 2.17. The van der Waals surface area contributed by atoms with E-state index in [2.05, 4.69) is 46.1 Å². The summed E-state index contributed by atoms with van der Waals surface area (Å²) in [6.07, 6.45) is 1.58. The van der Waals surface area contributed by atoms with Crippen molar-refractivity contribution in [2.45, 2.75) is 24.6 Å². The van der Waals surface area contributed by atoms with Crippen LogP contribution in [0.5, 0.6) is 0 Å². The molecule has 8 heteroatoms. The van der Waals surface area contributed by atoms with Gasteiger partial charge >= 0.3 is 0 Å². The van der Waals surface area contributed by atoms with E-state index in [9.17, 15) is 4.79 Å². The lowest BCUT2D eigenvalue weighted by atomic mass is 10.0. The Morgan fingerprint density at radius 2 is 1.93 bits per heavy atom. The average molecular weight is 437 g/mol. The summed E-state index contributed by atoms with van der Waals surface area (Å²) in [5.41, 5.74) is 4.08. The van der Waals surface area contributed by atoms with E-state index in [1.807, 2.05) is 18.4 Å². The zero-order valence-corrected chi connectivity index (χ0v) is 18.2. The molecule has 0 radical (unpaired) electrons. The molecule has 144 valence electrons. The molecular weight excluding hydrogens is 420 g/mol. The van der Waals surface area contributed by atoms with Crippen LogP contribution in [0, 0.1) is 13.8 Å². The molecule has 0 aliphatic carbocycles. The Morgan fingerprint density at radius 1 is 1.10 bits per heavy atom. The maximum Gasteiger partial charge on any atom is 0.260 e. The average Bonchev–Trinajstić information content (AvgIpc) is 3.31. The minimum Gasteiger partial charge on any atom is -0.309 e. The van der Waals surface area contributed by atoms with E-state index < -0.39 is 0 Å². The molecule has 1 N–H and O–H groups in total. The first kappa shape index (κ1) is 18.5. The fraction of sp³-hybridized carbons (Fsp3) is 0.143. The lowest BCUT2D eigenvalue weighted by molar-refractivity contribution is 1.04. The number of hydrogen-bond acceptors (Lipinski definition) is 7. The van der Waals surface area contributed by atoms with Crippen LogP contribution in [0.4, 0.5) is 0 Å². The number of aromatic amines is 1. The molecule has 1 aromatic carbocycles. The molecule has 0 spiro atoms. The Labute approximate surface area is 178 Å². The maximum absolute atomic E-state index is 12.9. The summed E-state index contributed by atoms with van der Waals surface area (Å²) >= 11 is 4.76. The van der Waals surface area contributed by atoms with Crippen molar-refractivity contribution in [1.82, 2.24) is 19.9 Å². The van der Waals surface area contributed by atoms with Gasteiger partial charge in [0.15, 0.2) is 0 Å². The van der Waals surface area contributed by atoms with E-state index in [4.69, 9.17) is 4.98 Å². The normalized spacial score (nSPS) is 11.5. The van der Waals surface area contributed by atoms with Gasteiger partial charge in [0.25, 0.3) is 5.56 Å². The van der Waals surface area contributed by atoms with Crippen molar-refractivity contribution in [3.8, 4) is 11.1 Å². The molecule has 0 aliphatic heterocycles. The molecule has 0 saturated carbocycles. The fourth-order valence-electron chi connectivity index (χ4n) is 3.31. The lowest BCUT2D eigenvalue weighted by Gasteiger charge is -2.04. The fourth-order valence-corrected chi connectivity index (χ4v) is 6.19. The summed E-state index contributed by atoms with van der Waals surface area (Å²) in [5, 5.41) is 3.60. The zero-order valence-electron chi connectivity index (χ0n) is 15.7. The second-order valence-corrected chi connectivity index (χ2v) is 9.78. The third kappa shape index (κ3) is 3.37. The molecule has 29 heavy (non-hydrogen) atoms. The Morgan fingerprint density at radius 3 is 2.76 bits per heavy atom. The van der Waals surface area contributed by atoms with Gasteiger partial charge in [-0.2, -0.15) is 0 Å². The number of nitrogens with zero attached hydrogens (tertiary/aromatic N) is 3. The molecular formula is C21H16N4OS3. The van der Waals surface area contributed by atoms with Crippen molar-refractivity contribution < 1.29 is 0 Å². The monoisotopic (exact) mass is 436 g/mol. The maximum atomic E-state index is 12.9. The van der Waals surface area contributed by atoms with Gasteiger partial charge in [-0.1, -0.05) is 41.6 Å². The van der Waals surface area contributed by atoms with Crippen LogP contribution in [0.1, 0.15) is 16.3 Å². The number of aryl methyl sites for hydroxylation is 2. The number of H-pyrrole nitrogens is 1. The third-order valence-corrected chi connectivity index (χ3v) is 7.72. The summed E-state index contributed by atoms with van der Waals surface area (Å²) in [5.74, 6) is 1.21. The Hall–Kier alpha value is -2.55. The first-order chi connectivity index (χ1) is 14.1. The van der Waals surface area contributed by atoms with Crippen LogP contribution in [0.25, 0.3) is 31.6 Å². The van der Waals surface area contributed by atoms with Crippen molar-refractivity contribution in [1.29, 1.82) is 0 Å². The van der Waals surface area contributed by atoms with Crippen molar-refractivity contribution in [3.05, 3.63) is 68.7 Å². The van der Waals surface area contributed by atoms with Crippen LogP contribution in [0.15, 0.2) is 51.9 Å². The largest absolute Gasteiger partial charge is 0.309 e. The summed E-state index contributed by atoms with van der Waals surface area (Å²) < 4.78 is 1.06. The van der Waals surface area contributed by atoms with Gasteiger partial charge in [0, 0.05) is 10.4 Å². The van der Waals surface area contributed by atoms with Crippen LogP contribution in [0.3, 0.4) is 0 Å². The quantitative estimate of drug-likeness (QED) is 0.295. The first-order valence-electron chi connectivity index (χ1n) is 9.00. The van der Waals surface area contributed by atoms with E-state index in [0.29, 0.717) is 17.0 Å². The number of nitrogens with one attached hydrogen (secondary N) is 1. The lowest BCUT2D eigenvalue weighted by Crippen LogP contribution is -2.10. The molecule has 0 amide bonds. The Balaban J connectivity index is 1.51. The van der Waals surface area contributed by atoms with Gasteiger partial charge in [0.2, 0.25) is 0 Å². The SMILES string of the molecule is Cc1ccc(-c2c(C)sc3nc(CSc4ncnc5ccsc45)[nH]c(=O)c23)cc1. The second kappa shape index (κ2) is 7.37. The highest BCUT2D eigenvalue weighted by Crippen LogP contribution is 2.36. The predicted octanol–water partition coefficient (Wildman–Crippen LogP) is 5.57. The van der Waals surface area contributed by atoms with Crippen LogP contribution in [-0.4, -0.2) is 19.9 Å². The second-order valence-electron chi connectivity index (χ2n) is 6.69. The summed E-state index contributed by atoms with van der Waals surface area (Å²) in [4.78, 5) is 31.2. The summed E-state index contributed by atoms with van der Waals surface area (Å²) in [7, 11) is 0. The smallest absolute Gasteiger partial charge is 0.260 e. The number of hydrogen-bond donors (Lipinski definition) is 1. The highest BCUT2D eigenvalue weighted by molar-refractivity contribution is 7.98. The van der Waals surface area contributed by atoms with Gasteiger partial charge in [-0.15, -0.1) is 22.7 Å².